The van der Waals surface area contributed by atoms with Crippen LogP contribution in [0.15, 0.2) is 28.9 Å². The van der Waals surface area contributed by atoms with E-state index in [2.05, 4.69) is 21.0 Å². The SMILES string of the molecule is Cn1ncc(Br)c1C(=O)c1ccc(F)cc1F. The molecule has 1 aromatic heterocycles. The number of hydrogen-bond acceptors (Lipinski definition) is 2. The number of rotatable bonds is 2. The highest BCUT2D eigenvalue weighted by Gasteiger charge is 2.20. The molecule has 0 aliphatic carbocycles. The van der Waals surface area contributed by atoms with E-state index in [-0.39, 0.29) is 11.3 Å². The van der Waals surface area contributed by atoms with E-state index in [1.807, 2.05) is 0 Å². The highest BCUT2D eigenvalue weighted by Crippen LogP contribution is 2.21. The molecule has 0 radical (unpaired) electrons. The average Bonchev–Trinajstić information content (AvgIpc) is 2.58. The first-order valence-electron chi connectivity index (χ1n) is 4.68. The van der Waals surface area contributed by atoms with Gasteiger partial charge in [-0.2, -0.15) is 5.10 Å². The Bertz CT molecular complexity index is 576. The van der Waals surface area contributed by atoms with Gasteiger partial charge >= 0.3 is 0 Å². The highest BCUT2D eigenvalue weighted by molar-refractivity contribution is 9.10. The van der Waals surface area contributed by atoms with E-state index in [1.165, 1.54) is 10.9 Å². The van der Waals surface area contributed by atoms with Gasteiger partial charge in [0.1, 0.15) is 17.3 Å². The van der Waals surface area contributed by atoms with Crippen LogP contribution < -0.4 is 0 Å². The summed E-state index contributed by atoms with van der Waals surface area (Å²) in [5.41, 5.74) is 0.0335. The van der Waals surface area contributed by atoms with E-state index in [1.54, 1.807) is 7.05 Å². The third kappa shape index (κ3) is 2.12. The molecule has 0 unspecified atom stereocenters. The van der Waals surface area contributed by atoms with Crippen LogP contribution in [0.5, 0.6) is 0 Å². The Morgan fingerprint density at radius 3 is 2.65 bits per heavy atom. The number of ketones is 1. The third-order valence-corrected chi connectivity index (χ3v) is 2.87. The van der Waals surface area contributed by atoms with Gasteiger partial charge in [0.05, 0.1) is 16.2 Å². The number of benzene rings is 1. The van der Waals surface area contributed by atoms with Crippen molar-refractivity contribution in [3.05, 3.63) is 51.8 Å². The van der Waals surface area contributed by atoms with Crippen molar-refractivity contribution in [2.24, 2.45) is 7.05 Å². The standard InChI is InChI=1S/C11H7BrF2N2O/c1-16-10(8(12)5-15-16)11(17)7-3-2-6(13)4-9(7)14/h2-5H,1H3. The normalized spacial score (nSPS) is 10.6. The van der Waals surface area contributed by atoms with Gasteiger partial charge in [-0.05, 0) is 28.1 Å². The minimum Gasteiger partial charge on any atom is -0.287 e. The van der Waals surface area contributed by atoms with E-state index in [9.17, 15) is 13.6 Å². The first-order valence-corrected chi connectivity index (χ1v) is 5.47. The maximum Gasteiger partial charge on any atom is 0.215 e. The minimum atomic E-state index is -0.886. The molecule has 0 saturated carbocycles. The van der Waals surface area contributed by atoms with Crippen molar-refractivity contribution in [2.75, 3.05) is 0 Å². The molecule has 2 aromatic rings. The van der Waals surface area contributed by atoms with Crippen molar-refractivity contribution < 1.29 is 13.6 Å². The lowest BCUT2D eigenvalue weighted by Crippen LogP contribution is -2.10. The molecular formula is C11H7BrF2N2O. The molecule has 0 fully saturated rings. The fourth-order valence-electron chi connectivity index (χ4n) is 1.47. The summed E-state index contributed by atoms with van der Waals surface area (Å²) in [7, 11) is 1.57. The molecule has 3 nitrogen and oxygen atoms in total. The van der Waals surface area contributed by atoms with E-state index in [0.29, 0.717) is 10.5 Å². The van der Waals surface area contributed by atoms with Crippen LogP contribution >= 0.6 is 15.9 Å². The van der Waals surface area contributed by atoms with Gasteiger partial charge in [0.2, 0.25) is 5.78 Å². The number of carbonyl (C=O) groups excluding carboxylic acids is 1. The van der Waals surface area contributed by atoms with Crippen LogP contribution in [0.3, 0.4) is 0 Å². The Morgan fingerprint density at radius 1 is 1.41 bits per heavy atom. The second-order valence-corrected chi connectivity index (χ2v) is 4.27. The maximum atomic E-state index is 13.5. The lowest BCUT2D eigenvalue weighted by Gasteiger charge is -2.04. The Balaban J connectivity index is 2.51. The Kier molecular flexibility index (Phi) is 3.06. The quantitative estimate of drug-likeness (QED) is 0.799. The smallest absolute Gasteiger partial charge is 0.215 e. The topological polar surface area (TPSA) is 34.9 Å². The van der Waals surface area contributed by atoms with Crippen molar-refractivity contribution in [3.8, 4) is 0 Å². The molecule has 88 valence electrons. The molecule has 0 N–H and O–H groups in total. The molecule has 1 heterocycles. The largest absolute Gasteiger partial charge is 0.287 e. The first-order chi connectivity index (χ1) is 8.00. The summed E-state index contributed by atoms with van der Waals surface area (Å²) in [6.07, 6.45) is 1.44. The summed E-state index contributed by atoms with van der Waals surface area (Å²) >= 11 is 3.15. The van der Waals surface area contributed by atoms with Crippen LogP contribution in [0.4, 0.5) is 8.78 Å². The summed E-state index contributed by atoms with van der Waals surface area (Å²) in [6.45, 7) is 0. The van der Waals surface area contributed by atoms with Crippen molar-refractivity contribution in [1.29, 1.82) is 0 Å². The summed E-state index contributed by atoms with van der Waals surface area (Å²) < 4.78 is 28.0. The van der Waals surface area contributed by atoms with Gasteiger partial charge in [-0.3, -0.25) is 9.48 Å². The first kappa shape index (κ1) is 11.9. The molecule has 0 aliphatic heterocycles. The van der Waals surface area contributed by atoms with Crippen molar-refractivity contribution in [1.82, 2.24) is 9.78 Å². The van der Waals surface area contributed by atoms with Crippen LogP contribution in [-0.4, -0.2) is 15.6 Å². The highest BCUT2D eigenvalue weighted by atomic mass is 79.9. The third-order valence-electron chi connectivity index (χ3n) is 2.28. The second kappa shape index (κ2) is 4.37. The number of aryl methyl sites for hydroxylation is 1. The van der Waals surface area contributed by atoms with Crippen LogP contribution in [0.25, 0.3) is 0 Å². The van der Waals surface area contributed by atoms with Crippen LogP contribution in [0.2, 0.25) is 0 Å². The number of aromatic nitrogens is 2. The van der Waals surface area contributed by atoms with E-state index in [0.717, 1.165) is 12.1 Å². The second-order valence-electron chi connectivity index (χ2n) is 3.42. The molecule has 2 rings (SSSR count). The van der Waals surface area contributed by atoms with Gasteiger partial charge in [0.25, 0.3) is 0 Å². The molecule has 0 bridgehead atoms. The number of nitrogens with zero attached hydrogens (tertiary/aromatic N) is 2. The fourth-order valence-corrected chi connectivity index (χ4v) is 2.00. The van der Waals surface area contributed by atoms with Crippen LogP contribution in [0.1, 0.15) is 16.1 Å². The summed E-state index contributed by atoms with van der Waals surface area (Å²) in [4.78, 5) is 12.0. The predicted octanol–water partition coefficient (Wildman–Crippen LogP) is 2.69. The fraction of sp³-hybridized carbons (Fsp3) is 0.0909. The van der Waals surface area contributed by atoms with Crippen molar-refractivity contribution >= 4 is 21.7 Å². The van der Waals surface area contributed by atoms with Gasteiger partial charge < -0.3 is 0 Å². The van der Waals surface area contributed by atoms with Gasteiger partial charge in [0.15, 0.2) is 0 Å². The predicted molar refractivity (Wildman–Crippen MR) is 60.7 cm³/mol. The zero-order chi connectivity index (χ0) is 12.6. The number of carbonyl (C=O) groups is 1. The molecule has 1 aromatic carbocycles. The molecular weight excluding hydrogens is 294 g/mol. The summed E-state index contributed by atoms with van der Waals surface area (Å²) in [5, 5.41) is 3.86. The lowest BCUT2D eigenvalue weighted by atomic mass is 10.1. The van der Waals surface area contributed by atoms with Crippen molar-refractivity contribution in [3.63, 3.8) is 0 Å². The summed E-state index contributed by atoms with van der Waals surface area (Å²) in [6, 6.07) is 2.84. The van der Waals surface area contributed by atoms with Crippen LogP contribution in [0, 0.1) is 11.6 Å². The molecule has 0 aliphatic rings. The monoisotopic (exact) mass is 300 g/mol. The molecule has 0 atom stereocenters. The number of halogens is 3. The Labute approximate surface area is 104 Å². The van der Waals surface area contributed by atoms with Crippen molar-refractivity contribution in [2.45, 2.75) is 0 Å². The molecule has 0 saturated heterocycles. The minimum absolute atomic E-state index is 0.185. The van der Waals surface area contributed by atoms with Crippen LogP contribution in [-0.2, 0) is 7.05 Å². The number of hydrogen-bond donors (Lipinski definition) is 0. The average molecular weight is 301 g/mol. The van der Waals surface area contributed by atoms with Gasteiger partial charge in [0, 0.05) is 13.1 Å². The lowest BCUT2D eigenvalue weighted by molar-refractivity contribution is 0.102. The zero-order valence-corrected chi connectivity index (χ0v) is 10.3. The molecule has 0 spiro atoms. The van der Waals surface area contributed by atoms with E-state index in [4.69, 9.17) is 0 Å². The maximum absolute atomic E-state index is 13.5. The molecule has 6 heteroatoms. The van der Waals surface area contributed by atoms with Gasteiger partial charge in [-0.15, -0.1) is 0 Å². The van der Waals surface area contributed by atoms with E-state index >= 15 is 0 Å². The molecule has 17 heavy (non-hydrogen) atoms. The van der Waals surface area contributed by atoms with E-state index < -0.39 is 17.4 Å². The summed E-state index contributed by atoms with van der Waals surface area (Å²) in [5.74, 6) is -2.15. The Hall–Kier alpha value is -1.56. The molecule has 0 amide bonds. The van der Waals surface area contributed by atoms with Gasteiger partial charge in [-0.1, -0.05) is 0 Å². The van der Waals surface area contributed by atoms with Gasteiger partial charge in [-0.25, -0.2) is 8.78 Å². The Morgan fingerprint density at radius 2 is 2.12 bits per heavy atom. The zero-order valence-electron chi connectivity index (χ0n) is 8.75.